The third-order valence-corrected chi connectivity index (χ3v) is 5.15. The van der Waals surface area contributed by atoms with Crippen LogP contribution in [0.5, 0.6) is 0 Å². The Kier molecular flexibility index (Phi) is 8.05. The van der Waals surface area contributed by atoms with E-state index in [1.165, 1.54) is 0 Å². The molecule has 3 rings (SSSR count). The second-order valence-electron chi connectivity index (χ2n) is 8.91. The maximum Gasteiger partial charge on any atom is 0.410 e. The highest BCUT2D eigenvalue weighted by atomic mass is 16.7. The molecule has 1 aromatic carbocycles. The van der Waals surface area contributed by atoms with Gasteiger partial charge in [-0.1, -0.05) is 12.1 Å². The van der Waals surface area contributed by atoms with E-state index in [0.717, 1.165) is 24.1 Å². The number of ether oxygens (including phenoxy) is 1. The second-order valence-corrected chi connectivity index (χ2v) is 8.91. The van der Waals surface area contributed by atoms with Crippen LogP contribution in [-0.2, 0) is 16.1 Å². The molecule has 172 valence electrons. The SMILES string of the molecule is CC(C)(C)OC(=O)N1CCC(CONC(=O)c2ccccc2NCc2ccncc2)CC1. The van der Waals surface area contributed by atoms with Crippen molar-refractivity contribution >= 4 is 17.7 Å². The first kappa shape index (κ1) is 23.5. The first-order chi connectivity index (χ1) is 15.3. The molecule has 1 aromatic heterocycles. The minimum absolute atomic E-state index is 0.272. The summed E-state index contributed by atoms with van der Waals surface area (Å²) in [6.07, 6.45) is 4.81. The highest BCUT2D eigenvalue weighted by Gasteiger charge is 2.27. The Balaban J connectivity index is 1.42. The van der Waals surface area contributed by atoms with Crippen LogP contribution in [-0.4, -0.2) is 47.2 Å². The summed E-state index contributed by atoms with van der Waals surface area (Å²) in [6.45, 7) is 7.82. The number of anilines is 1. The Bertz CT molecular complexity index is 890. The summed E-state index contributed by atoms with van der Waals surface area (Å²) >= 11 is 0. The van der Waals surface area contributed by atoms with Crippen molar-refractivity contribution in [3.8, 4) is 0 Å². The minimum Gasteiger partial charge on any atom is -0.444 e. The number of piperidine rings is 1. The Hall–Kier alpha value is -3.13. The molecule has 2 N–H and O–H groups in total. The van der Waals surface area contributed by atoms with Gasteiger partial charge in [0.25, 0.3) is 5.91 Å². The van der Waals surface area contributed by atoms with Crippen LogP contribution >= 0.6 is 0 Å². The lowest BCUT2D eigenvalue weighted by atomic mass is 9.98. The third-order valence-electron chi connectivity index (χ3n) is 5.15. The van der Waals surface area contributed by atoms with Crippen molar-refractivity contribution in [1.82, 2.24) is 15.4 Å². The summed E-state index contributed by atoms with van der Waals surface area (Å²) in [5.41, 5.74) is 4.38. The summed E-state index contributed by atoms with van der Waals surface area (Å²) in [6, 6.07) is 11.2. The topological polar surface area (TPSA) is 92.8 Å². The smallest absolute Gasteiger partial charge is 0.410 e. The Labute approximate surface area is 189 Å². The number of hydroxylamine groups is 1. The molecule has 1 aliphatic rings. The predicted molar refractivity (Wildman–Crippen MR) is 122 cm³/mol. The zero-order valence-corrected chi connectivity index (χ0v) is 19.0. The van der Waals surface area contributed by atoms with Crippen LogP contribution in [0.3, 0.4) is 0 Å². The molecule has 8 heteroatoms. The molecule has 0 radical (unpaired) electrons. The lowest BCUT2D eigenvalue weighted by Gasteiger charge is -2.33. The fourth-order valence-electron chi connectivity index (χ4n) is 3.42. The van der Waals surface area contributed by atoms with E-state index in [-0.39, 0.29) is 17.9 Å². The van der Waals surface area contributed by atoms with Crippen LogP contribution in [0, 0.1) is 5.92 Å². The van der Waals surface area contributed by atoms with Gasteiger partial charge >= 0.3 is 6.09 Å². The molecule has 2 heterocycles. The average Bonchev–Trinajstić information content (AvgIpc) is 2.78. The van der Waals surface area contributed by atoms with Crippen molar-refractivity contribution in [3.63, 3.8) is 0 Å². The number of hydrogen-bond acceptors (Lipinski definition) is 6. The molecule has 0 saturated carbocycles. The number of benzene rings is 1. The molecular weight excluding hydrogens is 408 g/mol. The van der Waals surface area contributed by atoms with E-state index >= 15 is 0 Å². The van der Waals surface area contributed by atoms with Gasteiger partial charge in [0, 0.05) is 37.7 Å². The van der Waals surface area contributed by atoms with Gasteiger partial charge in [-0.05, 0) is 69.4 Å². The van der Waals surface area contributed by atoms with E-state index in [0.29, 0.717) is 31.8 Å². The molecule has 0 bridgehead atoms. The largest absolute Gasteiger partial charge is 0.444 e. The fraction of sp³-hybridized carbons (Fsp3) is 0.458. The fourth-order valence-corrected chi connectivity index (χ4v) is 3.42. The zero-order valence-electron chi connectivity index (χ0n) is 19.0. The molecule has 1 fully saturated rings. The predicted octanol–water partition coefficient (Wildman–Crippen LogP) is 4.00. The summed E-state index contributed by atoms with van der Waals surface area (Å²) < 4.78 is 5.42. The van der Waals surface area contributed by atoms with Crippen LogP contribution < -0.4 is 10.8 Å². The summed E-state index contributed by atoms with van der Waals surface area (Å²) in [7, 11) is 0. The molecular formula is C24H32N4O4. The van der Waals surface area contributed by atoms with Gasteiger partial charge in [0.2, 0.25) is 0 Å². The number of aromatic nitrogens is 1. The highest BCUT2D eigenvalue weighted by molar-refractivity contribution is 5.99. The number of likely N-dealkylation sites (tertiary alicyclic amines) is 1. The lowest BCUT2D eigenvalue weighted by molar-refractivity contribution is -0.00449. The van der Waals surface area contributed by atoms with Crippen molar-refractivity contribution < 1.29 is 19.2 Å². The van der Waals surface area contributed by atoms with Crippen molar-refractivity contribution in [2.24, 2.45) is 5.92 Å². The molecule has 32 heavy (non-hydrogen) atoms. The van der Waals surface area contributed by atoms with Gasteiger partial charge in [0.1, 0.15) is 5.60 Å². The monoisotopic (exact) mass is 440 g/mol. The normalized spacial score (nSPS) is 14.7. The van der Waals surface area contributed by atoms with Crippen LogP contribution in [0.1, 0.15) is 49.5 Å². The number of para-hydroxylation sites is 1. The van der Waals surface area contributed by atoms with Gasteiger partial charge in [0.05, 0.1) is 12.2 Å². The van der Waals surface area contributed by atoms with Gasteiger partial charge in [0.15, 0.2) is 0 Å². The number of nitrogens with zero attached hydrogens (tertiary/aromatic N) is 2. The third kappa shape index (κ3) is 7.23. The molecule has 1 saturated heterocycles. The Morgan fingerprint density at radius 1 is 1.09 bits per heavy atom. The maximum atomic E-state index is 12.6. The molecule has 0 unspecified atom stereocenters. The number of nitrogens with one attached hydrogen (secondary N) is 2. The van der Waals surface area contributed by atoms with Crippen LogP contribution in [0.4, 0.5) is 10.5 Å². The zero-order chi connectivity index (χ0) is 23.0. The number of rotatable bonds is 7. The number of carbonyl (C=O) groups excluding carboxylic acids is 2. The molecule has 0 atom stereocenters. The summed E-state index contributed by atoms with van der Waals surface area (Å²) in [5, 5.41) is 3.29. The summed E-state index contributed by atoms with van der Waals surface area (Å²) in [4.78, 5) is 36.1. The van der Waals surface area contributed by atoms with E-state index < -0.39 is 5.60 Å². The van der Waals surface area contributed by atoms with Crippen molar-refractivity contribution in [2.45, 2.75) is 45.8 Å². The van der Waals surface area contributed by atoms with Crippen LogP contribution in [0.2, 0.25) is 0 Å². The minimum atomic E-state index is -0.495. The van der Waals surface area contributed by atoms with E-state index in [9.17, 15) is 9.59 Å². The highest BCUT2D eigenvalue weighted by Crippen LogP contribution is 2.20. The lowest BCUT2D eigenvalue weighted by Crippen LogP contribution is -2.42. The van der Waals surface area contributed by atoms with Crippen molar-refractivity contribution in [1.29, 1.82) is 0 Å². The molecule has 1 aliphatic heterocycles. The second kappa shape index (κ2) is 10.9. The Morgan fingerprint density at radius 3 is 2.47 bits per heavy atom. The first-order valence-electron chi connectivity index (χ1n) is 10.9. The van der Waals surface area contributed by atoms with E-state index in [1.54, 1.807) is 23.4 Å². The molecule has 0 aliphatic carbocycles. The van der Waals surface area contributed by atoms with E-state index in [4.69, 9.17) is 9.57 Å². The number of carbonyl (C=O) groups is 2. The molecule has 2 amide bonds. The maximum absolute atomic E-state index is 12.6. The van der Waals surface area contributed by atoms with Crippen LogP contribution in [0.15, 0.2) is 48.8 Å². The number of pyridine rings is 1. The quantitative estimate of drug-likeness (QED) is 0.632. The van der Waals surface area contributed by atoms with E-state index in [1.807, 2.05) is 51.1 Å². The molecule has 0 spiro atoms. The molecule has 8 nitrogen and oxygen atoms in total. The van der Waals surface area contributed by atoms with Crippen LogP contribution in [0.25, 0.3) is 0 Å². The van der Waals surface area contributed by atoms with Gasteiger partial charge in [-0.25, -0.2) is 10.3 Å². The standard InChI is InChI=1S/C24H32N4O4/c1-24(2,3)32-23(30)28-14-10-19(11-15-28)17-31-27-22(29)20-6-4-5-7-21(20)26-16-18-8-12-25-13-9-18/h4-9,12-13,19,26H,10-11,14-17H2,1-3H3,(H,27,29). The van der Waals surface area contributed by atoms with Gasteiger partial charge < -0.3 is 15.0 Å². The number of hydrogen-bond donors (Lipinski definition) is 2. The number of amides is 2. The van der Waals surface area contributed by atoms with Crippen molar-refractivity contribution in [3.05, 3.63) is 59.9 Å². The average molecular weight is 441 g/mol. The van der Waals surface area contributed by atoms with Crippen molar-refractivity contribution in [2.75, 3.05) is 25.0 Å². The van der Waals surface area contributed by atoms with Gasteiger partial charge in [-0.2, -0.15) is 0 Å². The summed E-state index contributed by atoms with van der Waals surface area (Å²) in [5.74, 6) is -0.0249. The van der Waals surface area contributed by atoms with E-state index in [2.05, 4.69) is 15.8 Å². The first-order valence-corrected chi connectivity index (χ1v) is 10.9. The van der Waals surface area contributed by atoms with Gasteiger partial charge in [-0.15, -0.1) is 0 Å². The molecule has 2 aromatic rings. The van der Waals surface area contributed by atoms with Gasteiger partial charge in [-0.3, -0.25) is 14.6 Å². The Morgan fingerprint density at radius 2 is 1.78 bits per heavy atom.